The molecule has 2 saturated heterocycles. The number of likely N-dealkylation sites (N-methyl/N-ethyl adjacent to an activating group) is 1. The molecule has 2 aromatic heterocycles. The van der Waals surface area contributed by atoms with Crippen LogP contribution < -0.4 is 9.47 Å². The number of aromatic nitrogens is 2. The standard InChI is InChI=1S/C42H41F4N5O6/c1-22-27(8-5-10-29(22)38-47-31-14-24(18-50-20-26(21-50)49(3)4)34(56-41(43)44)16-36(31)54-38)28-9-6-11-30(23(28)2)39-48-32-15-25(19-51-13-7-12-33(51)40(52)53)35(57-42(45)46)17-37(32)55-39/h5-6,8-11,14-17,26,33,41-42H,7,12-13,18-21H2,1-4H3,(H,52,53)/t33-/m0/s1. The Hall–Kier alpha value is -5.51. The van der Waals surface area contributed by atoms with E-state index in [0.717, 1.165) is 35.3 Å². The number of carboxylic acid groups (broad SMARTS) is 1. The lowest BCUT2D eigenvalue weighted by Crippen LogP contribution is -2.56. The molecule has 1 atom stereocenters. The number of carboxylic acids is 1. The van der Waals surface area contributed by atoms with E-state index in [2.05, 4.69) is 9.80 Å². The number of alkyl halides is 4. The lowest BCUT2D eigenvalue weighted by molar-refractivity contribution is -0.142. The van der Waals surface area contributed by atoms with Gasteiger partial charge in [0.1, 0.15) is 28.6 Å². The fraction of sp³-hybridized carbons (Fsp3) is 0.357. The highest BCUT2D eigenvalue weighted by molar-refractivity contribution is 5.85. The quantitative estimate of drug-likeness (QED) is 0.114. The summed E-state index contributed by atoms with van der Waals surface area (Å²) in [7, 11) is 4.04. The monoisotopic (exact) mass is 787 g/mol. The Morgan fingerprint density at radius 1 is 0.807 bits per heavy atom. The number of carbonyl (C=O) groups is 1. The highest BCUT2D eigenvalue weighted by Gasteiger charge is 2.32. The predicted molar refractivity (Wildman–Crippen MR) is 204 cm³/mol. The van der Waals surface area contributed by atoms with Crippen molar-refractivity contribution in [3.8, 4) is 45.5 Å². The summed E-state index contributed by atoms with van der Waals surface area (Å²) in [6, 6.07) is 17.4. The van der Waals surface area contributed by atoms with Gasteiger partial charge >= 0.3 is 19.2 Å². The van der Waals surface area contributed by atoms with E-state index in [1.807, 2.05) is 64.3 Å². The van der Waals surface area contributed by atoms with Gasteiger partial charge in [0.15, 0.2) is 11.2 Å². The smallest absolute Gasteiger partial charge is 0.387 e. The molecule has 2 aliphatic heterocycles. The van der Waals surface area contributed by atoms with Gasteiger partial charge in [0.05, 0.1) is 0 Å². The summed E-state index contributed by atoms with van der Waals surface area (Å²) < 4.78 is 76.1. The average molecular weight is 788 g/mol. The SMILES string of the molecule is Cc1c(-c2nc3cc(CN4CC(N(C)C)C4)c(OC(F)F)cc3o2)cccc1-c1cccc(-c2nc3cc(CN4CCC[C@H]4C(=O)O)c(OC(F)F)cc3o2)c1C. The van der Waals surface area contributed by atoms with Gasteiger partial charge < -0.3 is 28.3 Å². The van der Waals surface area contributed by atoms with Gasteiger partial charge in [-0.3, -0.25) is 14.6 Å². The third kappa shape index (κ3) is 7.66. The van der Waals surface area contributed by atoms with Crippen LogP contribution in [0.5, 0.6) is 11.5 Å². The average Bonchev–Trinajstić information content (AvgIpc) is 3.88. The van der Waals surface area contributed by atoms with Crippen molar-refractivity contribution in [3.63, 3.8) is 0 Å². The number of hydrogen-bond acceptors (Lipinski definition) is 10. The van der Waals surface area contributed by atoms with Crippen molar-refractivity contribution in [2.45, 2.75) is 65.1 Å². The topological polar surface area (TPSA) is 118 Å². The molecule has 57 heavy (non-hydrogen) atoms. The van der Waals surface area contributed by atoms with Crippen molar-refractivity contribution in [2.75, 3.05) is 33.7 Å². The molecule has 0 unspecified atom stereocenters. The van der Waals surface area contributed by atoms with Gasteiger partial charge in [0, 0.05) is 66.6 Å². The molecule has 2 aliphatic rings. The zero-order valence-electron chi connectivity index (χ0n) is 31.8. The summed E-state index contributed by atoms with van der Waals surface area (Å²) in [5.74, 6) is -0.403. The van der Waals surface area contributed by atoms with Crippen LogP contribution in [-0.2, 0) is 17.9 Å². The summed E-state index contributed by atoms with van der Waals surface area (Å²) in [5, 5.41) is 9.67. The molecule has 1 N–H and O–H groups in total. The molecule has 0 radical (unpaired) electrons. The lowest BCUT2D eigenvalue weighted by Gasteiger charge is -2.43. The van der Waals surface area contributed by atoms with Crippen molar-refractivity contribution < 1.29 is 45.8 Å². The maximum absolute atomic E-state index is 13.5. The van der Waals surface area contributed by atoms with Gasteiger partial charge in [-0.1, -0.05) is 24.3 Å². The van der Waals surface area contributed by atoms with Crippen LogP contribution in [0.15, 0.2) is 69.5 Å². The molecule has 0 spiro atoms. The van der Waals surface area contributed by atoms with Crippen molar-refractivity contribution in [1.82, 2.24) is 24.7 Å². The van der Waals surface area contributed by atoms with E-state index < -0.39 is 25.2 Å². The Kier molecular flexibility index (Phi) is 10.4. The fourth-order valence-corrected chi connectivity index (χ4v) is 7.96. The molecule has 0 saturated carbocycles. The van der Waals surface area contributed by atoms with Crippen LogP contribution in [0, 0.1) is 13.8 Å². The number of fused-ring (bicyclic) bond motifs is 2. The maximum Gasteiger partial charge on any atom is 0.387 e. The zero-order chi connectivity index (χ0) is 40.1. The molecular formula is C42H41F4N5O6. The van der Waals surface area contributed by atoms with Crippen LogP contribution in [0.1, 0.15) is 35.1 Å². The molecule has 4 heterocycles. The van der Waals surface area contributed by atoms with Crippen molar-refractivity contribution >= 4 is 28.2 Å². The molecule has 0 aliphatic carbocycles. The first-order chi connectivity index (χ1) is 27.3. The Balaban J connectivity index is 1.11. The summed E-state index contributed by atoms with van der Waals surface area (Å²) in [4.78, 5) is 27.4. The first-order valence-electron chi connectivity index (χ1n) is 18.7. The number of benzene rings is 4. The van der Waals surface area contributed by atoms with E-state index in [9.17, 15) is 27.5 Å². The number of hydrogen-bond donors (Lipinski definition) is 1. The number of halogens is 4. The van der Waals surface area contributed by atoms with Gasteiger partial charge in [-0.05, 0) is 93.8 Å². The lowest BCUT2D eigenvalue weighted by atomic mass is 9.91. The normalized spacial score (nSPS) is 16.8. The molecule has 15 heteroatoms. The van der Waals surface area contributed by atoms with E-state index in [1.165, 1.54) is 12.1 Å². The third-order valence-electron chi connectivity index (χ3n) is 11.1. The molecular weight excluding hydrogens is 746 g/mol. The second-order valence-corrected chi connectivity index (χ2v) is 14.9. The largest absolute Gasteiger partial charge is 0.480 e. The Bertz CT molecular complexity index is 2460. The highest BCUT2D eigenvalue weighted by Crippen LogP contribution is 2.40. The molecule has 298 valence electrons. The summed E-state index contributed by atoms with van der Waals surface area (Å²) >= 11 is 0. The van der Waals surface area contributed by atoms with Crippen LogP contribution >= 0.6 is 0 Å². The van der Waals surface area contributed by atoms with E-state index in [-0.39, 0.29) is 29.5 Å². The van der Waals surface area contributed by atoms with Crippen LogP contribution in [0.3, 0.4) is 0 Å². The molecule has 11 nitrogen and oxygen atoms in total. The fourth-order valence-electron chi connectivity index (χ4n) is 7.96. The minimum absolute atomic E-state index is 0.0537. The van der Waals surface area contributed by atoms with Crippen molar-refractivity contribution in [1.29, 1.82) is 0 Å². The van der Waals surface area contributed by atoms with Gasteiger partial charge in [-0.25, -0.2) is 9.97 Å². The van der Waals surface area contributed by atoms with E-state index in [1.54, 1.807) is 17.0 Å². The Labute approximate surface area is 325 Å². The van der Waals surface area contributed by atoms with Crippen LogP contribution in [-0.4, -0.2) is 94.8 Å². The van der Waals surface area contributed by atoms with Gasteiger partial charge in [0.25, 0.3) is 0 Å². The maximum atomic E-state index is 13.5. The minimum Gasteiger partial charge on any atom is -0.480 e. The van der Waals surface area contributed by atoms with Crippen LogP contribution in [0.4, 0.5) is 17.6 Å². The van der Waals surface area contributed by atoms with E-state index >= 15 is 0 Å². The Morgan fingerprint density at radius 3 is 1.77 bits per heavy atom. The van der Waals surface area contributed by atoms with Gasteiger partial charge in [-0.2, -0.15) is 17.6 Å². The highest BCUT2D eigenvalue weighted by atomic mass is 19.3. The molecule has 6 aromatic rings. The first kappa shape index (κ1) is 38.4. The van der Waals surface area contributed by atoms with E-state index in [4.69, 9.17) is 28.3 Å². The number of nitrogens with zero attached hydrogens (tertiary/aromatic N) is 5. The van der Waals surface area contributed by atoms with E-state index in [0.29, 0.717) is 76.7 Å². The molecule has 4 aromatic carbocycles. The molecule has 0 bridgehead atoms. The zero-order valence-corrected chi connectivity index (χ0v) is 31.8. The Morgan fingerprint density at radius 2 is 1.30 bits per heavy atom. The van der Waals surface area contributed by atoms with Crippen molar-refractivity contribution in [3.05, 3.63) is 82.9 Å². The number of aliphatic carboxylic acids is 1. The number of oxazole rings is 2. The molecule has 2 fully saturated rings. The molecule has 0 amide bonds. The second kappa shape index (κ2) is 15.4. The number of rotatable bonds is 13. The summed E-state index contributed by atoms with van der Waals surface area (Å²) in [6.07, 6.45) is 1.16. The first-order valence-corrected chi connectivity index (χ1v) is 18.7. The predicted octanol–water partition coefficient (Wildman–Crippen LogP) is 8.58. The minimum atomic E-state index is -3.09. The third-order valence-corrected chi connectivity index (χ3v) is 11.1. The van der Waals surface area contributed by atoms with Crippen LogP contribution in [0.2, 0.25) is 0 Å². The molecule has 8 rings (SSSR count). The van der Waals surface area contributed by atoms with Gasteiger partial charge in [-0.15, -0.1) is 0 Å². The van der Waals surface area contributed by atoms with Crippen molar-refractivity contribution in [2.24, 2.45) is 0 Å². The summed E-state index contributed by atoms with van der Waals surface area (Å²) in [5.41, 5.74) is 7.35. The number of ether oxygens (including phenoxy) is 2. The number of likely N-dealkylation sites (tertiary alicyclic amines) is 2. The van der Waals surface area contributed by atoms with Gasteiger partial charge in [0.2, 0.25) is 11.8 Å². The second-order valence-electron chi connectivity index (χ2n) is 14.9. The van der Waals surface area contributed by atoms with Crippen LogP contribution in [0.25, 0.3) is 56.2 Å². The summed E-state index contributed by atoms with van der Waals surface area (Å²) in [6.45, 7) is 0.485.